The van der Waals surface area contributed by atoms with E-state index < -0.39 is 0 Å². The number of carbonyl (C=O) groups is 1. The molecule has 0 aliphatic heterocycles. The Kier molecular flexibility index (Phi) is 5.56. The SMILES string of the molecule is CCOc1ncccc1NC(=O)N[C@@H](C)Cc1c(C)noc1C. The molecular weight excluding hydrogens is 296 g/mol. The lowest BCUT2D eigenvalue weighted by Gasteiger charge is -2.15. The summed E-state index contributed by atoms with van der Waals surface area (Å²) in [5, 5.41) is 9.57. The summed E-state index contributed by atoms with van der Waals surface area (Å²) < 4.78 is 10.5. The number of nitrogens with one attached hydrogen (secondary N) is 2. The molecule has 0 aromatic carbocycles. The molecule has 0 bridgehead atoms. The summed E-state index contributed by atoms with van der Waals surface area (Å²) in [6.07, 6.45) is 2.27. The maximum Gasteiger partial charge on any atom is 0.319 e. The van der Waals surface area contributed by atoms with Crippen LogP contribution in [0.15, 0.2) is 22.9 Å². The lowest BCUT2D eigenvalue weighted by molar-refractivity contribution is 0.249. The quantitative estimate of drug-likeness (QED) is 0.855. The topological polar surface area (TPSA) is 89.3 Å². The molecule has 2 heterocycles. The lowest BCUT2D eigenvalue weighted by atomic mass is 10.1. The monoisotopic (exact) mass is 318 g/mol. The van der Waals surface area contributed by atoms with E-state index in [0.717, 1.165) is 17.0 Å². The molecule has 0 spiro atoms. The van der Waals surface area contributed by atoms with E-state index >= 15 is 0 Å². The minimum absolute atomic E-state index is 0.0704. The smallest absolute Gasteiger partial charge is 0.319 e. The largest absolute Gasteiger partial charge is 0.476 e. The van der Waals surface area contributed by atoms with Gasteiger partial charge in [-0.15, -0.1) is 0 Å². The van der Waals surface area contributed by atoms with Gasteiger partial charge in [-0.05, 0) is 46.2 Å². The van der Waals surface area contributed by atoms with Crippen LogP contribution in [-0.4, -0.2) is 28.8 Å². The second-order valence-corrected chi connectivity index (χ2v) is 5.30. The number of anilines is 1. The number of nitrogens with zero attached hydrogens (tertiary/aromatic N) is 2. The molecule has 0 unspecified atom stereocenters. The highest BCUT2D eigenvalue weighted by atomic mass is 16.5. The van der Waals surface area contributed by atoms with Crippen molar-refractivity contribution < 1.29 is 14.1 Å². The number of ether oxygens (including phenoxy) is 1. The maximum absolute atomic E-state index is 12.1. The summed E-state index contributed by atoms with van der Waals surface area (Å²) in [4.78, 5) is 16.2. The summed E-state index contributed by atoms with van der Waals surface area (Å²) in [5.41, 5.74) is 2.41. The van der Waals surface area contributed by atoms with Crippen LogP contribution in [0.2, 0.25) is 0 Å². The zero-order valence-electron chi connectivity index (χ0n) is 13.8. The molecule has 2 aromatic rings. The van der Waals surface area contributed by atoms with Crippen molar-refractivity contribution in [2.75, 3.05) is 11.9 Å². The van der Waals surface area contributed by atoms with Gasteiger partial charge in [-0.1, -0.05) is 5.16 Å². The minimum atomic E-state index is -0.307. The fourth-order valence-corrected chi connectivity index (χ4v) is 2.27. The van der Waals surface area contributed by atoms with Gasteiger partial charge in [0, 0.05) is 17.8 Å². The Morgan fingerprint density at radius 2 is 2.22 bits per heavy atom. The Bertz CT molecular complexity index is 650. The Morgan fingerprint density at radius 1 is 1.43 bits per heavy atom. The molecule has 2 rings (SSSR count). The van der Waals surface area contributed by atoms with Crippen molar-refractivity contribution in [1.29, 1.82) is 0 Å². The summed E-state index contributed by atoms with van der Waals surface area (Å²) >= 11 is 0. The molecule has 2 N–H and O–H groups in total. The molecule has 0 saturated heterocycles. The number of carbonyl (C=O) groups excluding carboxylic acids is 1. The predicted molar refractivity (Wildman–Crippen MR) is 86.7 cm³/mol. The summed E-state index contributed by atoms with van der Waals surface area (Å²) in [7, 11) is 0. The number of rotatable bonds is 6. The van der Waals surface area contributed by atoms with Crippen LogP contribution in [0.3, 0.4) is 0 Å². The van der Waals surface area contributed by atoms with Gasteiger partial charge in [0.25, 0.3) is 0 Å². The molecule has 1 atom stereocenters. The van der Waals surface area contributed by atoms with Crippen molar-refractivity contribution >= 4 is 11.7 Å². The lowest BCUT2D eigenvalue weighted by Crippen LogP contribution is -2.37. The molecule has 2 amide bonds. The summed E-state index contributed by atoms with van der Waals surface area (Å²) in [5.74, 6) is 1.19. The van der Waals surface area contributed by atoms with Crippen LogP contribution >= 0.6 is 0 Å². The number of hydrogen-bond donors (Lipinski definition) is 2. The Hall–Kier alpha value is -2.57. The van der Waals surface area contributed by atoms with Crippen molar-refractivity contribution in [2.45, 2.75) is 40.2 Å². The van der Waals surface area contributed by atoms with Crippen molar-refractivity contribution in [2.24, 2.45) is 0 Å². The van der Waals surface area contributed by atoms with Crippen molar-refractivity contribution in [3.8, 4) is 5.88 Å². The summed E-state index contributed by atoms with van der Waals surface area (Å²) in [6.45, 7) is 8.03. The van der Waals surface area contributed by atoms with E-state index in [1.807, 2.05) is 27.7 Å². The van der Waals surface area contributed by atoms with Gasteiger partial charge < -0.3 is 19.9 Å². The normalized spacial score (nSPS) is 11.8. The molecule has 0 fully saturated rings. The number of hydrogen-bond acceptors (Lipinski definition) is 5. The van der Waals surface area contributed by atoms with E-state index in [-0.39, 0.29) is 12.1 Å². The van der Waals surface area contributed by atoms with E-state index in [1.54, 1.807) is 18.3 Å². The van der Waals surface area contributed by atoms with Gasteiger partial charge in [0.15, 0.2) is 0 Å². The van der Waals surface area contributed by atoms with Crippen LogP contribution in [0.5, 0.6) is 5.88 Å². The van der Waals surface area contributed by atoms with Gasteiger partial charge in [-0.25, -0.2) is 9.78 Å². The molecule has 0 aliphatic rings. The zero-order chi connectivity index (χ0) is 16.8. The minimum Gasteiger partial charge on any atom is -0.476 e. The highest BCUT2D eigenvalue weighted by molar-refractivity contribution is 5.90. The maximum atomic E-state index is 12.1. The standard InChI is InChI=1S/C16H22N4O3/c1-5-22-15-14(7-6-8-17-15)19-16(21)18-10(2)9-13-11(3)20-23-12(13)4/h6-8,10H,5,9H2,1-4H3,(H2,18,19,21)/t10-/m0/s1. The third-order valence-corrected chi connectivity index (χ3v) is 3.37. The van der Waals surface area contributed by atoms with E-state index in [0.29, 0.717) is 24.6 Å². The van der Waals surface area contributed by atoms with Crippen molar-refractivity contribution in [3.05, 3.63) is 35.3 Å². The average molecular weight is 318 g/mol. The highest BCUT2D eigenvalue weighted by Crippen LogP contribution is 2.20. The average Bonchev–Trinajstić information content (AvgIpc) is 2.81. The van der Waals surface area contributed by atoms with Crippen LogP contribution < -0.4 is 15.4 Å². The third-order valence-electron chi connectivity index (χ3n) is 3.37. The van der Waals surface area contributed by atoms with E-state index in [9.17, 15) is 4.79 Å². The van der Waals surface area contributed by atoms with Gasteiger partial charge >= 0.3 is 6.03 Å². The fourth-order valence-electron chi connectivity index (χ4n) is 2.27. The second kappa shape index (κ2) is 7.62. The Balaban J connectivity index is 1.94. The van der Waals surface area contributed by atoms with Crippen molar-refractivity contribution in [1.82, 2.24) is 15.5 Å². The van der Waals surface area contributed by atoms with Crippen LogP contribution in [-0.2, 0) is 6.42 Å². The van der Waals surface area contributed by atoms with Gasteiger partial charge in [-0.3, -0.25) is 0 Å². The zero-order valence-corrected chi connectivity index (χ0v) is 13.8. The molecule has 0 saturated carbocycles. The van der Waals surface area contributed by atoms with Crippen molar-refractivity contribution in [3.63, 3.8) is 0 Å². The molecule has 7 heteroatoms. The second-order valence-electron chi connectivity index (χ2n) is 5.30. The number of aryl methyl sites for hydroxylation is 2. The molecule has 124 valence electrons. The first-order valence-electron chi connectivity index (χ1n) is 7.58. The van der Waals surface area contributed by atoms with Gasteiger partial charge in [0.1, 0.15) is 11.4 Å². The first-order chi connectivity index (χ1) is 11.0. The van der Waals surface area contributed by atoms with Gasteiger partial charge in [-0.2, -0.15) is 0 Å². The first-order valence-corrected chi connectivity index (χ1v) is 7.58. The van der Waals surface area contributed by atoms with Crippen LogP contribution in [0.1, 0.15) is 30.9 Å². The number of pyridine rings is 1. The van der Waals surface area contributed by atoms with E-state index in [2.05, 4.69) is 20.8 Å². The predicted octanol–water partition coefficient (Wildman–Crippen LogP) is 2.84. The Labute approximate surface area is 135 Å². The molecule has 2 aromatic heterocycles. The number of urea groups is 1. The van der Waals surface area contributed by atoms with Gasteiger partial charge in [0.2, 0.25) is 5.88 Å². The highest BCUT2D eigenvalue weighted by Gasteiger charge is 2.15. The molecule has 7 nitrogen and oxygen atoms in total. The van der Waals surface area contributed by atoms with Crippen LogP contribution in [0.25, 0.3) is 0 Å². The number of aromatic nitrogens is 2. The van der Waals surface area contributed by atoms with Crippen LogP contribution in [0, 0.1) is 13.8 Å². The molecule has 0 aliphatic carbocycles. The van der Waals surface area contributed by atoms with Gasteiger partial charge in [0.05, 0.1) is 12.3 Å². The third kappa shape index (κ3) is 4.45. The van der Waals surface area contributed by atoms with E-state index in [1.165, 1.54) is 0 Å². The summed E-state index contributed by atoms with van der Waals surface area (Å²) in [6, 6.07) is 3.11. The van der Waals surface area contributed by atoms with Crippen LogP contribution in [0.4, 0.5) is 10.5 Å². The van der Waals surface area contributed by atoms with E-state index in [4.69, 9.17) is 9.26 Å². The molecule has 0 radical (unpaired) electrons. The fraction of sp³-hybridized carbons (Fsp3) is 0.438. The molecule has 23 heavy (non-hydrogen) atoms. The number of amides is 2. The first kappa shape index (κ1) is 16.8. The molecular formula is C16H22N4O3. The Morgan fingerprint density at radius 3 is 2.87 bits per heavy atom.